The van der Waals surface area contributed by atoms with Gasteiger partial charge in [-0.25, -0.2) is 13.2 Å². The average Bonchev–Trinajstić information content (AvgIpc) is 2.54. The van der Waals surface area contributed by atoms with Crippen LogP contribution in [0.25, 0.3) is 0 Å². The summed E-state index contributed by atoms with van der Waals surface area (Å²) in [7, 11) is -3.29. The normalized spacial score (nSPS) is 11.8. The Morgan fingerprint density at radius 3 is 2.41 bits per heavy atom. The van der Waals surface area contributed by atoms with Gasteiger partial charge in [-0.2, -0.15) is 0 Å². The molecule has 0 saturated carbocycles. The molecule has 146 valence electrons. The average molecular weight is 468 g/mol. The molecule has 0 unspecified atom stereocenters. The quantitative estimate of drug-likeness (QED) is 0.664. The Labute approximate surface area is 161 Å². The number of carbonyl (C=O) groups is 1. The van der Waals surface area contributed by atoms with Gasteiger partial charge in [0.05, 0.1) is 18.4 Å². The number of alkyl halides is 3. The van der Waals surface area contributed by atoms with Crippen molar-refractivity contribution in [2.75, 3.05) is 11.8 Å². The molecule has 0 fully saturated rings. The van der Waals surface area contributed by atoms with Crippen LogP contribution >= 0.6 is 15.9 Å². The van der Waals surface area contributed by atoms with E-state index in [1.807, 2.05) is 0 Å². The SMILES string of the molecule is COC(=O)c1ccc(C)c(NS(=O)(=O)c2ccc(Br)cc2OC(F)(F)F)c1. The van der Waals surface area contributed by atoms with Gasteiger partial charge in [-0.05, 0) is 42.8 Å². The maximum atomic E-state index is 12.6. The lowest BCUT2D eigenvalue weighted by Crippen LogP contribution is -2.21. The van der Waals surface area contributed by atoms with Crippen molar-refractivity contribution in [1.29, 1.82) is 0 Å². The zero-order valence-corrected chi connectivity index (χ0v) is 16.3. The van der Waals surface area contributed by atoms with Crippen LogP contribution in [0.2, 0.25) is 0 Å². The number of rotatable bonds is 5. The topological polar surface area (TPSA) is 81.7 Å². The van der Waals surface area contributed by atoms with E-state index in [-0.39, 0.29) is 15.7 Å². The first kappa shape index (κ1) is 21.0. The molecule has 11 heteroatoms. The van der Waals surface area contributed by atoms with Crippen LogP contribution < -0.4 is 9.46 Å². The lowest BCUT2D eigenvalue weighted by atomic mass is 10.1. The highest BCUT2D eigenvalue weighted by Crippen LogP contribution is 2.33. The number of esters is 1. The zero-order chi connectivity index (χ0) is 20.4. The van der Waals surface area contributed by atoms with Crippen molar-refractivity contribution in [2.24, 2.45) is 0 Å². The molecule has 0 spiro atoms. The molecule has 0 bridgehead atoms. The Hall–Kier alpha value is -2.27. The van der Waals surface area contributed by atoms with Crippen molar-refractivity contribution in [2.45, 2.75) is 18.2 Å². The summed E-state index contributed by atoms with van der Waals surface area (Å²) in [6.45, 7) is 1.56. The van der Waals surface area contributed by atoms with Crippen molar-refractivity contribution in [3.63, 3.8) is 0 Å². The van der Waals surface area contributed by atoms with Crippen LogP contribution in [0, 0.1) is 6.92 Å². The molecule has 0 amide bonds. The minimum Gasteiger partial charge on any atom is -0.465 e. The van der Waals surface area contributed by atoms with E-state index in [0.29, 0.717) is 5.56 Å². The zero-order valence-electron chi connectivity index (χ0n) is 13.9. The van der Waals surface area contributed by atoms with E-state index < -0.39 is 33.0 Å². The van der Waals surface area contributed by atoms with Gasteiger partial charge >= 0.3 is 12.3 Å². The molecule has 2 aromatic carbocycles. The van der Waals surface area contributed by atoms with Crippen LogP contribution in [0.3, 0.4) is 0 Å². The lowest BCUT2D eigenvalue weighted by molar-refractivity contribution is -0.275. The second-order valence-electron chi connectivity index (χ2n) is 5.27. The molecular weight excluding hydrogens is 455 g/mol. The van der Waals surface area contributed by atoms with E-state index in [1.54, 1.807) is 6.92 Å². The van der Waals surface area contributed by atoms with Crippen molar-refractivity contribution in [3.8, 4) is 5.75 Å². The number of methoxy groups -OCH3 is 1. The summed E-state index contributed by atoms with van der Waals surface area (Å²) in [6, 6.07) is 7.24. The fourth-order valence-corrected chi connectivity index (χ4v) is 3.66. The third-order valence-corrected chi connectivity index (χ3v) is 5.22. The third-order valence-electron chi connectivity index (χ3n) is 3.32. The highest BCUT2D eigenvalue weighted by Gasteiger charge is 2.34. The third kappa shape index (κ3) is 5.36. The fourth-order valence-electron chi connectivity index (χ4n) is 2.08. The van der Waals surface area contributed by atoms with E-state index in [2.05, 4.69) is 30.1 Å². The van der Waals surface area contributed by atoms with Crippen molar-refractivity contribution in [1.82, 2.24) is 0 Å². The highest BCUT2D eigenvalue weighted by atomic mass is 79.9. The number of carbonyl (C=O) groups excluding carboxylic acids is 1. The number of benzene rings is 2. The number of nitrogens with one attached hydrogen (secondary N) is 1. The molecule has 0 saturated heterocycles. The molecule has 2 rings (SSSR count). The predicted molar refractivity (Wildman–Crippen MR) is 94.2 cm³/mol. The summed E-state index contributed by atoms with van der Waals surface area (Å²) in [6.07, 6.45) is -5.08. The minimum atomic E-state index is -5.08. The maximum absolute atomic E-state index is 12.6. The monoisotopic (exact) mass is 467 g/mol. The summed E-state index contributed by atoms with van der Waals surface area (Å²) in [4.78, 5) is 10.9. The molecule has 2 aromatic rings. The van der Waals surface area contributed by atoms with Gasteiger partial charge in [-0.3, -0.25) is 4.72 Å². The predicted octanol–water partition coefficient (Wildman–Crippen LogP) is 4.24. The Morgan fingerprint density at radius 1 is 1.15 bits per heavy atom. The molecule has 0 aliphatic heterocycles. The lowest BCUT2D eigenvalue weighted by Gasteiger charge is -2.16. The van der Waals surface area contributed by atoms with Crippen LogP contribution in [0.5, 0.6) is 5.75 Å². The van der Waals surface area contributed by atoms with E-state index in [9.17, 15) is 26.4 Å². The van der Waals surface area contributed by atoms with Crippen LogP contribution in [-0.4, -0.2) is 27.9 Å². The number of sulfonamides is 1. The highest BCUT2D eigenvalue weighted by molar-refractivity contribution is 9.10. The van der Waals surface area contributed by atoms with Crippen LogP contribution in [-0.2, 0) is 14.8 Å². The number of hydrogen-bond donors (Lipinski definition) is 1. The van der Waals surface area contributed by atoms with Gasteiger partial charge < -0.3 is 9.47 Å². The number of halogens is 4. The molecular formula is C16H13BrF3NO5S. The Balaban J connectivity index is 2.48. The second kappa shape index (κ2) is 7.77. The molecule has 27 heavy (non-hydrogen) atoms. The molecule has 0 heterocycles. The van der Waals surface area contributed by atoms with Crippen LogP contribution in [0.1, 0.15) is 15.9 Å². The maximum Gasteiger partial charge on any atom is 0.573 e. The molecule has 0 atom stereocenters. The van der Waals surface area contributed by atoms with Crippen molar-refractivity contribution < 1.29 is 35.9 Å². The van der Waals surface area contributed by atoms with E-state index >= 15 is 0 Å². The van der Waals surface area contributed by atoms with Gasteiger partial charge in [0, 0.05) is 4.47 Å². The molecule has 0 aliphatic carbocycles. The number of hydrogen-bond acceptors (Lipinski definition) is 5. The molecule has 6 nitrogen and oxygen atoms in total. The van der Waals surface area contributed by atoms with Crippen LogP contribution in [0.15, 0.2) is 45.8 Å². The van der Waals surface area contributed by atoms with Gasteiger partial charge in [0.1, 0.15) is 4.90 Å². The summed E-state index contributed by atoms with van der Waals surface area (Å²) in [5.74, 6) is -1.59. The van der Waals surface area contributed by atoms with E-state index in [0.717, 1.165) is 19.2 Å². The molecule has 0 aromatic heterocycles. The largest absolute Gasteiger partial charge is 0.573 e. The van der Waals surface area contributed by atoms with E-state index in [1.165, 1.54) is 24.3 Å². The van der Waals surface area contributed by atoms with Gasteiger partial charge in [-0.1, -0.05) is 22.0 Å². The van der Waals surface area contributed by atoms with Crippen molar-refractivity contribution in [3.05, 3.63) is 52.0 Å². The molecule has 0 radical (unpaired) electrons. The van der Waals surface area contributed by atoms with E-state index in [4.69, 9.17) is 0 Å². The van der Waals surface area contributed by atoms with Crippen molar-refractivity contribution >= 4 is 37.6 Å². The first-order chi connectivity index (χ1) is 12.4. The number of ether oxygens (including phenoxy) is 2. The van der Waals surface area contributed by atoms with Gasteiger partial charge in [0.15, 0.2) is 5.75 Å². The Kier molecular flexibility index (Phi) is 6.05. The number of aryl methyl sites for hydroxylation is 1. The summed E-state index contributed by atoms with van der Waals surface area (Å²) >= 11 is 2.97. The molecule has 1 N–H and O–H groups in total. The molecule has 0 aliphatic rings. The van der Waals surface area contributed by atoms with Gasteiger partial charge in [-0.15, -0.1) is 13.2 Å². The Bertz CT molecular complexity index is 977. The summed E-state index contributed by atoms with van der Waals surface area (Å²) < 4.78 is 73.9. The first-order valence-corrected chi connectivity index (χ1v) is 9.47. The standard InChI is InChI=1S/C16H13BrF3NO5S/c1-9-3-4-10(15(22)25-2)7-12(9)21-27(23,24)14-6-5-11(17)8-13(14)26-16(18,19)20/h3-8,21H,1-2H3. The minimum absolute atomic E-state index is 0.0128. The smallest absolute Gasteiger partial charge is 0.465 e. The summed E-state index contributed by atoms with van der Waals surface area (Å²) in [5.41, 5.74) is 0.531. The van der Waals surface area contributed by atoms with Gasteiger partial charge in [0.2, 0.25) is 0 Å². The number of anilines is 1. The van der Waals surface area contributed by atoms with Gasteiger partial charge in [0.25, 0.3) is 10.0 Å². The Morgan fingerprint density at radius 2 is 1.81 bits per heavy atom. The summed E-state index contributed by atoms with van der Waals surface area (Å²) in [5, 5.41) is 0. The van der Waals surface area contributed by atoms with Crippen LogP contribution in [0.4, 0.5) is 18.9 Å². The fraction of sp³-hybridized carbons (Fsp3) is 0.188. The first-order valence-electron chi connectivity index (χ1n) is 7.20. The second-order valence-corrected chi connectivity index (χ2v) is 7.83.